The number of aryl methyl sites for hydroxylation is 2. The molecule has 186 valence electrons. The molecule has 0 bridgehead atoms. The van der Waals surface area contributed by atoms with Crippen LogP contribution >= 0.6 is 0 Å². The smallest absolute Gasteiger partial charge is 0.336 e. The zero-order valence-electron chi connectivity index (χ0n) is 20.7. The minimum atomic E-state index is -0.921. The lowest BCUT2D eigenvalue weighted by Gasteiger charge is -2.09. The maximum absolute atomic E-state index is 11.5. The topological polar surface area (TPSA) is 81.8 Å². The molecule has 3 aromatic carbocycles. The summed E-state index contributed by atoms with van der Waals surface area (Å²) < 4.78 is 17.4. The molecule has 0 aliphatic carbocycles. The molecule has 0 aliphatic heterocycles. The van der Waals surface area contributed by atoms with Crippen LogP contribution in [0.1, 0.15) is 45.8 Å². The molecule has 0 spiro atoms. The minimum absolute atomic E-state index is 0.289. The van der Waals surface area contributed by atoms with Crippen LogP contribution in [0.3, 0.4) is 0 Å². The van der Waals surface area contributed by atoms with Crippen LogP contribution in [0.15, 0.2) is 77.2 Å². The normalized spacial score (nSPS) is 11.1. The highest BCUT2D eigenvalue weighted by Gasteiger charge is 2.13. The lowest BCUT2D eigenvalue weighted by Crippen LogP contribution is -2.07. The molecule has 4 aromatic rings. The van der Waals surface area contributed by atoms with Gasteiger partial charge < -0.3 is 19.0 Å². The second-order valence-electron chi connectivity index (χ2n) is 8.69. The Hall–Kier alpha value is -3.74. The molecule has 1 heterocycles. The molecule has 1 aromatic heterocycles. The van der Waals surface area contributed by atoms with Crippen molar-refractivity contribution in [2.45, 2.75) is 39.9 Å². The molecule has 0 aliphatic rings. The molecule has 36 heavy (non-hydrogen) atoms. The second kappa shape index (κ2) is 12.3. The van der Waals surface area contributed by atoms with Crippen molar-refractivity contribution in [3.8, 4) is 22.6 Å². The molecule has 0 radical (unpaired) electrons. The van der Waals surface area contributed by atoms with Crippen molar-refractivity contribution >= 4 is 5.97 Å². The number of aromatic nitrogens is 1. The highest BCUT2D eigenvalue weighted by Crippen LogP contribution is 2.26. The lowest BCUT2D eigenvalue weighted by atomic mass is 10.0. The molecule has 0 saturated carbocycles. The number of nitrogens with zero attached hydrogens (tertiary/aromatic N) is 1. The highest BCUT2D eigenvalue weighted by molar-refractivity contribution is 5.91. The number of carboxylic acids is 1. The number of aromatic carboxylic acids is 1. The SMILES string of the molecule is Cc1cccc(COCCCCOCc2nc(-c3ccc(-c4ccccc4)cc3)oc2C)c1C(=O)O. The lowest BCUT2D eigenvalue weighted by molar-refractivity contribution is 0.0682. The fourth-order valence-electron chi connectivity index (χ4n) is 4.04. The Labute approximate surface area is 211 Å². The van der Waals surface area contributed by atoms with Crippen molar-refractivity contribution in [1.29, 1.82) is 0 Å². The van der Waals surface area contributed by atoms with E-state index in [1.165, 1.54) is 5.56 Å². The van der Waals surface area contributed by atoms with Crippen molar-refractivity contribution in [2.75, 3.05) is 13.2 Å². The summed E-state index contributed by atoms with van der Waals surface area (Å²) in [6.07, 6.45) is 1.66. The number of unbranched alkanes of at least 4 members (excludes halogenated alkanes) is 1. The number of carbonyl (C=O) groups is 1. The van der Waals surface area contributed by atoms with E-state index in [9.17, 15) is 9.90 Å². The largest absolute Gasteiger partial charge is 0.478 e. The summed E-state index contributed by atoms with van der Waals surface area (Å²) in [5, 5.41) is 9.40. The first-order chi connectivity index (χ1) is 17.5. The van der Waals surface area contributed by atoms with E-state index in [0.29, 0.717) is 36.8 Å². The van der Waals surface area contributed by atoms with Crippen LogP contribution in [-0.2, 0) is 22.7 Å². The quantitative estimate of drug-likeness (QED) is 0.221. The van der Waals surface area contributed by atoms with Crippen molar-refractivity contribution in [2.24, 2.45) is 0 Å². The zero-order chi connectivity index (χ0) is 25.3. The summed E-state index contributed by atoms with van der Waals surface area (Å²) >= 11 is 0. The van der Waals surface area contributed by atoms with Crippen molar-refractivity contribution < 1.29 is 23.8 Å². The summed E-state index contributed by atoms with van der Waals surface area (Å²) in [7, 11) is 0. The third-order valence-electron chi connectivity index (χ3n) is 6.03. The van der Waals surface area contributed by atoms with E-state index in [4.69, 9.17) is 13.9 Å². The van der Waals surface area contributed by atoms with Crippen LogP contribution in [0, 0.1) is 13.8 Å². The Morgan fingerprint density at radius 2 is 1.44 bits per heavy atom. The predicted octanol–water partition coefficient (Wildman–Crippen LogP) is 6.84. The Bertz CT molecular complexity index is 1280. The summed E-state index contributed by atoms with van der Waals surface area (Å²) in [5.74, 6) is 0.430. The van der Waals surface area contributed by atoms with Gasteiger partial charge in [0.1, 0.15) is 11.5 Å². The number of carboxylic acid groups (broad SMARTS) is 1. The number of rotatable bonds is 12. The van der Waals surface area contributed by atoms with Gasteiger partial charge in [0.15, 0.2) is 0 Å². The van der Waals surface area contributed by atoms with E-state index >= 15 is 0 Å². The third-order valence-corrected chi connectivity index (χ3v) is 6.03. The van der Waals surface area contributed by atoms with E-state index < -0.39 is 5.97 Å². The average Bonchev–Trinajstić information content (AvgIpc) is 3.26. The summed E-state index contributed by atoms with van der Waals surface area (Å²) in [6.45, 7) is 5.51. The highest BCUT2D eigenvalue weighted by atomic mass is 16.5. The molecular formula is C30H31NO5. The first-order valence-electron chi connectivity index (χ1n) is 12.1. The van der Waals surface area contributed by atoms with Crippen LogP contribution < -0.4 is 0 Å². The Kier molecular flexibility index (Phi) is 8.66. The molecular weight excluding hydrogens is 454 g/mol. The summed E-state index contributed by atoms with van der Waals surface area (Å²) in [4.78, 5) is 16.1. The maximum atomic E-state index is 11.5. The molecule has 6 heteroatoms. The van der Waals surface area contributed by atoms with Crippen molar-refractivity contribution in [1.82, 2.24) is 4.98 Å². The van der Waals surface area contributed by atoms with Crippen LogP contribution in [0.4, 0.5) is 0 Å². The number of hydrogen-bond donors (Lipinski definition) is 1. The minimum Gasteiger partial charge on any atom is -0.478 e. The van der Waals surface area contributed by atoms with Crippen LogP contribution in [0.5, 0.6) is 0 Å². The van der Waals surface area contributed by atoms with Gasteiger partial charge in [0.2, 0.25) is 5.89 Å². The van der Waals surface area contributed by atoms with Gasteiger partial charge in [0.05, 0.1) is 18.8 Å². The fraction of sp³-hybridized carbons (Fsp3) is 0.267. The predicted molar refractivity (Wildman–Crippen MR) is 139 cm³/mol. The molecule has 0 saturated heterocycles. The molecule has 4 rings (SSSR count). The van der Waals surface area contributed by atoms with Gasteiger partial charge in [-0.25, -0.2) is 9.78 Å². The summed E-state index contributed by atoms with van der Waals surface area (Å²) in [5.41, 5.74) is 5.83. The van der Waals surface area contributed by atoms with Crippen molar-refractivity contribution in [3.63, 3.8) is 0 Å². The number of ether oxygens (including phenoxy) is 2. The van der Waals surface area contributed by atoms with Gasteiger partial charge in [-0.3, -0.25) is 0 Å². The first kappa shape index (κ1) is 25.4. The van der Waals surface area contributed by atoms with Gasteiger partial charge in [0.25, 0.3) is 0 Å². The van der Waals surface area contributed by atoms with Crippen LogP contribution in [-0.4, -0.2) is 29.3 Å². The Balaban J connectivity index is 1.19. The summed E-state index contributed by atoms with van der Waals surface area (Å²) in [6, 6.07) is 23.9. The van der Waals surface area contributed by atoms with Gasteiger partial charge in [-0.05, 0) is 61.1 Å². The van der Waals surface area contributed by atoms with E-state index in [1.807, 2.05) is 43.3 Å². The number of oxazole rings is 1. The van der Waals surface area contributed by atoms with Crippen LogP contribution in [0.25, 0.3) is 22.6 Å². The third kappa shape index (κ3) is 6.47. The number of benzene rings is 3. The monoisotopic (exact) mass is 485 g/mol. The van der Waals surface area contributed by atoms with Gasteiger partial charge >= 0.3 is 5.97 Å². The molecule has 0 fully saturated rings. The first-order valence-corrected chi connectivity index (χ1v) is 12.1. The van der Waals surface area contributed by atoms with E-state index in [2.05, 4.69) is 29.2 Å². The average molecular weight is 486 g/mol. The number of hydrogen-bond acceptors (Lipinski definition) is 5. The standard InChI is InChI=1S/C30H31NO5/c1-21-9-8-12-26(28(21)30(32)33)19-34-17-6-7-18-35-20-27-22(2)36-29(31-27)25-15-13-24(14-16-25)23-10-4-3-5-11-23/h3-5,8-16H,6-7,17-20H2,1-2H3,(H,32,33). The van der Waals surface area contributed by atoms with E-state index in [-0.39, 0.29) is 6.61 Å². The van der Waals surface area contributed by atoms with E-state index in [0.717, 1.165) is 41.0 Å². The zero-order valence-corrected chi connectivity index (χ0v) is 20.7. The molecule has 0 amide bonds. The molecule has 1 N–H and O–H groups in total. The molecule has 0 unspecified atom stereocenters. The van der Waals surface area contributed by atoms with Gasteiger partial charge in [0, 0.05) is 18.8 Å². The molecule has 6 nitrogen and oxygen atoms in total. The van der Waals surface area contributed by atoms with Gasteiger partial charge in [-0.2, -0.15) is 0 Å². The van der Waals surface area contributed by atoms with Crippen LogP contribution in [0.2, 0.25) is 0 Å². The molecule has 0 atom stereocenters. The fourth-order valence-corrected chi connectivity index (χ4v) is 4.04. The Morgan fingerprint density at radius 1 is 0.806 bits per heavy atom. The maximum Gasteiger partial charge on any atom is 0.336 e. The van der Waals surface area contributed by atoms with Crippen molar-refractivity contribution in [3.05, 3.63) is 101 Å². The van der Waals surface area contributed by atoms with E-state index in [1.54, 1.807) is 19.1 Å². The second-order valence-corrected chi connectivity index (χ2v) is 8.69. The Morgan fingerprint density at radius 3 is 2.14 bits per heavy atom. The van der Waals surface area contributed by atoms with Gasteiger partial charge in [-0.1, -0.05) is 60.7 Å². The van der Waals surface area contributed by atoms with Gasteiger partial charge in [-0.15, -0.1) is 0 Å².